The van der Waals surface area contributed by atoms with Gasteiger partial charge in [-0.1, -0.05) is 42.5 Å². The zero-order valence-electron chi connectivity index (χ0n) is 13.0. The molecule has 1 heterocycles. The number of allylic oxidation sites excluding steroid dienone is 4. The first-order chi connectivity index (χ1) is 11.3. The van der Waals surface area contributed by atoms with Gasteiger partial charge in [0.15, 0.2) is 5.78 Å². The van der Waals surface area contributed by atoms with Crippen LogP contribution in [0.2, 0.25) is 0 Å². The average molecular weight is 301 g/mol. The molecule has 3 aliphatic rings. The van der Waals surface area contributed by atoms with Crippen molar-refractivity contribution >= 4 is 22.2 Å². The molecule has 0 aromatic heterocycles. The maximum Gasteiger partial charge on any atom is 0.171 e. The summed E-state index contributed by atoms with van der Waals surface area (Å²) in [6.07, 6.45) is 10.9. The van der Waals surface area contributed by atoms with E-state index in [1.807, 2.05) is 18.2 Å². The van der Waals surface area contributed by atoms with Gasteiger partial charge in [0.1, 0.15) is 0 Å². The minimum Gasteiger partial charge on any atom is -0.372 e. The van der Waals surface area contributed by atoms with E-state index >= 15 is 0 Å². The molecule has 114 valence electrons. The number of rotatable bonds is 1. The highest BCUT2D eigenvalue weighted by atomic mass is 16.1. The van der Waals surface area contributed by atoms with Crippen molar-refractivity contribution in [2.45, 2.75) is 18.8 Å². The number of fused-ring (bicyclic) bond motifs is 2. The van der Waals surface area contributed by atoms with Gasteiger partial charge >= 0.3 is 0 Å². The zero-order chi connectivity index (χ0) is 15.4. The van der Waals surface area contributed by atoms with Crippen molar-refractivity contribution in [2.24, 2.45) is 5.92 Å². The van der Waals surface area contributed by atoms with Crippen molar-refractivity contribution in [2.75, 3.05) is 18.0 Å². The summed E-state index contributed by atoms with van der Waals surface area (Å²) in [6, 6.07) is 10.8. The normalized spacial score (nSPS) is 25.2. The van der Waals surface area contributed by atoms with Crippen LogP contribution in [-0.4, -0.2) is 18.9 Å². The van der Waals surface area contributed by atoms with Gasteiger partial charge in [-0.25, -0.2) is 0 Å². The Hall–Kier alpha value is -2.35. The van der Waals surface area contributed by atoms with E-state index in [4.69, 9.17) is 0 Å². The molecule has 2 nitrogen and oxygen atoms in total. The first-order valence-corrected chi connectivity index (χ1v) is 8.54. The summed E-state index contributed by atoms with van der Waals surface area (Å²) in [7, 11) is 0. The molecule has 0 saturated carbocycles. The summed E-state index contributed by atoms with van der Waals surface area (Å²) < 4.78 is 0. The molecule has 0 amide bonds. The first kappa shape index (κ1) is 13.1. The molecule has 2 aromatic rings. The number of anilines is 1. The Morgan fingerprint density at radius 1 is 0.957 bits per heavy atom. The summed E-state index contributed by atoms with van der Waals surface area (Å²) in [5, 5.41) is 2.37. The van der Waals surface area contributed by atoms with Gasteiger partial charge in [0.25, 0.3) is 0 Å². The van der Waals surface area contributed by atoms with E-state index in [0.29, 0.717) is 0 Å². The summed E-state index contributed by atoms with van der Waals surface area (Å²) in [6.45, 7) is 2.29. The van der Waals surface area contributed by atoms with Crippen molar-refractivity contribution in [3.63, 3.8) is 0 Å². The molecular formula is C21H19NO. The Kier molecular flexibility index (Phi) is 2.75. The van der Waals surface area contributed by atoms with Gasteiger partial charge in [-0.05, 0) is 41.3 Å². The number of Topliss-reactive ketones (excluding diaryl/α,β-unsaturated/α-hetero) is 1. The molecule has 0 bridgehead atoms. The number of ketones is 1. The van der Waals surface area contributed by atoms with Gasteiger partial charge in [-0.3, -0.25) is 4.79 Å². The van der Waals surface area contributed by atoms with Crippen molar-refractivity contribution in [1.82, 2.24) is 0 Å². The van der Waals surface area contributed by atoms with Crippen molar-refractivity contribution in [3.05, 3.63) is 65.8 Å². The van der Waals surface area contributed by atoms with Crippen LogP contribution in [0.1, 0.15) is 34.7 Å². The fourth-order valence-electron chi connectivity index (χ4n) is 4.41. The van der Waals surface area contributed by atoms with E-state index < -0.39 is 0 Å². The number of hydrogen-bond donors (Lipinski definition) is 0. The van der Waals surface area contributed by atoms with Gasteiger partial charge in [0.05, 0.1) is 5.92 Å². The molecule has 0 spiro atoms. The zero-order valence-corrected chi connectivity index (χ0v) is 13.0. The van der Waals surface area contributed by atoms with Crippen LogP contribution >= 0.6 is 0 Å². The van der Waals surface area contributed by atoms with Crippen LogP contribution in [0.5, 0.6) is 0 Å². The maximum absolute atomic E-state index is 12.9. The van der Waals surface area contributed by atoms with E-state index in [9.17, 15) is 4.79 Å². The SMILES string of the molecule is O=C1c2cccc3cc(N4CCCC4)cc(c23)C2C=CC=CC12. The lowest BCUT2D eigenvalue weighted by atomic mass is 9.71. The first-order valence-electron chi connectivity index (χ1n) is 8.54. The van der Waals surface area contributed by atoms with Crippen molar-refractivity contribution in [3.8, 4) is 0 Å². The molecular weight excluding hydrogens is 282 g/mol. The molecule has 0 N–H and O–H groups in total. The third-order valence-electron chi connectivity index (χ3n) is 5.53. The molecule has 2 atom stereocenters. The topological polar surface area (TPSA) is 20.3 Å². The molecule has 2 heteroatoms. The van der Waals surface area contributed by atoms with Gasteiger partial charge in [-0.2, -0.15) is 0 Å². The molecule has 23 heavy (non-hydrogen) atoms. The Bertz CT molecular complexity index is 871. The van der Waals surface area contributed by atoms with Crippen molar-refractivity contribution in [1.29, 1.82) is 0 Å². The lowest BCUT2D eigenvalue weighted by Crippen LogP contribution is -2.26. The second kappa shape index (κ2) is 4.82. The number of carbonyl (C=O) groups is 1. The molecule has 1 fully saturated rings. The molecule has 2 aliphatic carbocycles. The van der Waals surface area contributed by atoms with Gasteiger partial charge in [0.2, 0.25) is 0 Å². The van der Waals surface area contributed by atoms with Gasteiger partial charge in [0, 0.05) is 30.3 Å². The van der Waals surface area contributed by atoms with Crippen LogP contribution in [0.25, 0.3) is 10.8 Å². The molecule has 0 radical (unpaired) electrons. The number of carbonyl (C=O) groups excluding carboxylic acids is 1. The molecule has 2 unspecified atom stereocenters. The standard InChI is InChI=1S/C21H19NO/c23-21-17-8-2-1-7-16(17)19-13-15(22-10-3-4-11-22)12-14-6-5-9-18(21)20(14)19/h1-2,5-9,12-13,16-17H,3-4,10-11H2. The number of benzene rings is 2. The Morgan fingerprint density at radius 2 is 1.74 bits per heavy atom. The van der Waals surface area contributed by atoms with Crippen molar-refractivity contribution < 1.29 is 4.79 Å². The van der Waals surface area contributed by atoms with Crippen LogP contribution in [0.4, 0.5) is 5.69 Å². The lowest BCUT2D eigenvalue weighted by Gasteiger charge is -2.32. The van der Waals surface area contributed by atoms with Crippen LogP contribution in [0.15, 0.2) is 54.6 Å². The minimum absolute atomic E-state index is 0.0353. The predicted molar refractivity (Wildman–Crippen MR) is 94.2 cm³/mol. The fourth-order valence-corrected chi connectivity index (χ4v) is 4.41. The third kappa shape index (κ3) is 1.84. The summed E-state index contributed by atoms with van der Waals surface area (Å²) in [4.78, 5) is 15.4. The molecule has 1 aliphatic heterocycles. The summed E-state index contributed by atoms with van der Waals surface area (Å²) >= 11 is 0. The summed E-state index contributed by atoms with van der Waals surface area (Å²) in [5.74, 6) is 0.419. The predicted octanol–water partition coefficient (Wildman–Crippen LogP) is 4.46. The van der Waals surface area contributed by atoms with Crippen LogP contribution in [-0.2, 0) is 0 Å². The second-order valence-electron chi connectivity index (χ2n) is 6.82. The maximum atomic E-state index is 12.9. The van der Waals surface area contributed by atoms with E-state index in [1.54, 1.807) is 0 Å². The third-order valence-corrected chi connectivity index (χ3v) is 5.53. The van der Waals surface area contributed by atoms with E-state index in [1.165, 1.54) is 34.9 Å². The van der Waals surface area contributed by atoms with E-state index in [2.05, 4.69) is 41.3 Å². The molecule has 2 aromatic carbocycles. The largest absolute Gasteiger partial charge is 0.372 e. The molecule has 1 saturated heterocycles. The monoisotopic (exact) mass is 301 g/mol. The number of nitrogens with zero attached hydrogens (tertiary/aromatic N) is 1. The number of hydrogen-bond acceptors (Lipinski definition) is 2. The lowest BCUT2D eigenvalue weighted by molar-refractivity contribution is 0.0934. The van der Waals surface area contributed by atoms with Crippen LogP contribution < -0.4 is 4.90 Å². The summed E-state index contributed by atoms with van der Waals surface area (Å²) in [5.41, 5.74) is 3.54. The fraction of sp³-hybridized carbons (Fsp3) is 0.286. The smallest absolute Gasteiger partial charge is 0.171 e. The van der Waals surface area contributed by atoms with Gasteiger partial charge < -0.3 is 4.90 Å². The van der Waals surface area contributed by atoms with E-state index in [0.717, 1.165) is 18.7 Å². The van der Waals surface area contributed by atoms with Gasteiger partial charge in [-0.15, -0.1) is 0 Å². The Balaban J connectivity index is 1.79. The quantitative estimate of drug-likeness (QED) is 0.775. The highest BCUT2D eigenvalue weighted by molar-refractivity contribution is 6.14. The highest BCUT2D eigenvalue weighted by Gasteiger charge is 2.35. The van der Waals surface area contributed by atoms with Crippen LogP contribution in [0.3, 0.4) is 0 Å². The second-order valence-corrected chi connectivity index (χ2v) is 6.82. The van der Waals surface area contributed by atoms with E-state index in [-0.39, 0.29) is 17.6 Å². The Morgan fingerprint density at radius 3 is 2.57 bits per heavy atom. The van der Waals surface area contributed by atoms with Crippen LogP contribution in [0, 0.1) is 5.92 Å². The average Bonchev–Trinajstić information content (AvgIpc) is 3.13. The molecule has 5 rings (SSSR count). The highest BCUT2D eigenvalue weighted by Crippen LogP contribution is 2.44. The Labute approximate surface area is 136 Å². The minimum atomic E-state index is -0.0353.